The molecule has 0 spiro atoms. The van der Waals surface area contributed by atoms with Gasteiger partial charge in [0.15, 0.2) is 24.1 Å². The van der Waals surface area contributed by atoms with Gasteiger partial charge in [-0.05, 0) is 19.1 Å². The van der Waals surface area contributed by atoms with Crippen LogP contribution >= 0.6 is 0 Å². The van der Waals surface area contributed by atoms with Crippen molar-refractivity contribution < 1.29 is 29.6 Å². The molecule has 0 aliphatic rings. The van der Waals surface area contributed by atoms with Crippen LogP contribution in [0.25, 0.3) is 0 Å². The molecule has 7 heteroatoms. The van der Waals surface area contributed by atoms with E-state index in [1.54, 1.807) is 12.1 Å². The fraction of sp³-hybridized carbons (Fsp3) is 0.333. The lowest BCUT2D eigenvalue weighted by Crippen LogP contribution is -2.49. The van der Waals surface area contributed by atoms with Crippen LogP contribution in [0.4, 0.5) is 0 Å². The number of aliphatic hydroxyl groups excluding tert-OH is 1. The van der Waals surface area contributed by atoms with Crippen LogP contribution in [0, 0.1) is 0 Å². The van der Waals surface area contributed by atoms with Crippen LogP contribution in [-0.2, 0) is 9.59 Å². The van der Waals surface area contributed by atoms with Crippen molar-refractivity contribution in [3.8, 4) is 11.5 Å². The van der Waals surface area contributed by atoms with Crippen molar-refractivity contribution in [2.45, 2.75) is 19.1 Å². The summed E-state index contributed by atoms with van der Waals surface area (Å²) in [5.41, 5.74) is 0. The van der Waals surface area contributed by atoms with Gasteiger partial charge < -0.3 is 25.4 Å². The topological polar surface area (TPSA) is 116 Å². The van der Waals surface area contributed by atoms with Gasteiger partial charge in [-0.3, -0.25) is 4.79 Å². The number of benzene rings is 1. The molecule has 7 nitrogen and oxygen atoms in total. The van der Waals surface area contributed by atoms with Crippen LogP contribution in [0.2, 0.25) is 0 Å². The molecular weight excluding hydrogens is 254 g/mol. The maximum absolute atomic E-state index is 11.5. The molecule has 0 radical (unpaired) electrons. The van der Waals surface area contributed by atoms with Gasteiger partial charge in [0.2, 0.25) is 0 Å². The highest BCUT2D eigenvalue weighted by Crippen LogP contribution is 2.23. The molecule has 0 unspecified atom stereocenters. The van der Waals surface area contributed by atoms with Crippen molar-refractivity contribution in [1.29, 1.82) is 0 Å². The predicted octanol–water partition coefficient (Wildman–Crippen LogP) is -0.279. The summed E-state index contributed by atoms with van der Waals surface area (Å²) in [5.74, 6) is -2.07. The summed E-state index contributed by atoms with van der Waals surface area (Å²) in [4.78, 5) is 22.2. The lowest BCUT2D eigenvalue weighted by molar-refractivity contribution is -0.145. The first kappa shape index (κ1) is 14.8. The van der Waals surface area contributed by atoms with Crippen molar-refractivity contribution in [2.24, 2.45) is 0 Å². The minimum absolute atomic E-state index is 0.113. The second-order valence-corrected chi connectivity index (χ2v) is 3.88. The van der Waals surface area contributed by atoms with Gasteiger partial charge in [0, 0.05) is 0 Å². The maximum atomic E-state index is 11.5. The van der Waals surface area contributed by atoms with E-state index in [9.17, 15) is 19.8 Å². The average molecular weight is 269 g/mol. The SMILES string of the molecule is C[C@@H](O)[C@H](NC(=O)COc1ccccc1O)C(=O)O. The molecule has 1 amide bonds. The first-order chi connectivity index (χ1) is 8.91. The molecule has 0 saturated carbocycles. The third-order valence-electron chi connectivity index (χ3n) is 2.29. The Hall–Kier alpha value is -2.28. The van der Waals surface area contributed by atoms with Crippen LogP contribution in [0.15, 0.2) is 24.3 Å². The van der Waals surface area contributed by atoms with Crippen molar-refractivity contribution in [3.63, 3.8) is 0 Å². The number of carboxylic acids is 1. The van der Waals surface area contributed by atoms with E-state index >= 15 is 0 Å². The number of phenols is 1. The Morgan fingerprint density at radius 1 is 1.37 bits per heavy atom. The van der Waals surface area contributed by atoms with E-state index in [2.05, 4.69) is 5.32 Å². The number of amides is 1. The minimum Gasteiger partial charge on any atom is -0.504 e. The van der Waals surface area contributed by atoms with E-state index in [1.807, 2.05) is 0 Å². The molecule has 1 aromatic carbocycles. The first-order valence-electron chi connectivity index (χ1n) is 5.53. The van der Waals surface area contributed by atoms with Crippen molar-refractivity contribution in [3.05, 3.63) is 24.3 Å². The van der Waals surface area contributed by atoms with Gasteiger partial charge in [-0.1, -0.05) is 12.1 Å². The first-order valence-corrected chi connectivity index (χ1v) is 5.53. The number of hydrogen-bond donors (Lipinski definition) is 4. The average Bonchev–Trinajstić information content (AvgIpc) is 2.34. The molecule has 1 rings (SSSR count). The Balaban J connectivity index is 2.52. The zero-order chi connectivity index (χ0) is 14.4. The lowest BCUT2D eigenvalue weighted by atomic mass is 10.2. The molecule has 0 aliphatic carbocycles. The highest BCUT2D eigenvalue weighted by molar-refractivity contribution is 5.84. The second-order valence-electron chi connectivity index (χ2n) is 3.88. The predicted molar refractivity (Wildman–Crippen MR) is 64.8 cm³/mol. The summed E-state index contributed by atoms with van der Waals surface area (Å²) in [6.07, 6.45) is -1.23. The normalized spacial score (nSPS) is 13.4. The van der Waals surface area contributed by atoms with E-state index in [0.717, 1.165) is 0 Å². The van der Waals surface area contributed by atoms with Gasteiger partial charge in [-0.25, -0.2) is 4.79 Å². The number of phenolic OH excluding ortho intramolecular Hbond substituents is 1. The summed E-state index contributed by atoms with van der Waals surface area (Å²) < 4.78 is 5.02. The van der Waals surface area contributed by atoms with Gasteiger partial charge in [-0.2, -0.15) is 0 Å². The zero-order valence-electron chi connectivity index (χ0n) is 10.2. The number of para-hydroxylation sites is 2. The number of carboxylic acid groups (broad SMARTS) is 1. The standard InChI is InChI=1S/C12H15NO6/c1-7(14)11(12(17)18)13-10(16)6-19-9-5-3-2-4-8(9)15/h2-5,7,11,14-15H,6H2,1H3,(H,13,16)(H,17,18)/t7-,11+/m1/s1. The monoisotopic (exact) mass is 269 g/mol. The van der Waals surface area contributed by atoms with E-state index in [4.69, 9.17) is 9.84 Å². The number of aliphatic hydroxyl groups is 1. The Labute approximate surface area is 109 Å². The Kier molecular flexibility index (Phi) is 5.13. The number of aromatic hydroxyl groups is 1. The Morgan fingerprint density at radius 2 is 2.00 bits per heavy atom. The summed E-state index contributed by atoms with van der Waals surface area (Å²) in [7, 11) is 0. The smallest absolute Gasteiger partial charge is 0.328 e. The molecule has 2 atom stereocenters. The van der Waals surface area contributed by atoms with Crippen LogP contribution in [0.1, 0.15) is 6.92 Å². The van der Waals surface area contributed by atoms with Crippen LogP contribution in [0.3, 0.4) is 0 Å². The van der Waals surface area contributed by atoms with Crippen LogP contribution in [-0.4, -0.2) is 45.9 Å². The third-order valence-corrected chi connectivity index (χ3v) is 2.29. The van der Waals surface area contributed by atoms with E-state index in [-0.39, 0.29) is 11.5 Å². The molecule has 0 heterocycles. The fourth-order valence-electron chi connectivity index (χ4n) is 1.33. The van der Waals surface area contributed by atoms with Crippen molar-refractivity contribution >= 4 is 11.9 Å². The summed E-state index contributed by atoms with van der Waals surface area (Å²) in [5, 5.41) is 29.5. The number of rotatable bonds is 6. The van der Waals surface area contributed by atoms with Gasteiger partial charge in [0.1, 0.15) is 0 Å². The number of aliphatic carboxylic acids is 1. The lowest BCUT2D eigenvalue weighted by Gasteiger charge is -2.17. The molecule has 0 saturated heterocycles. The van der Waals surface area contributed by atoms with Gasteiger partial charge in [0.25, 0.3) is 5.91 Å². The molecule has 104 valence electrons. The largest absolute Gasteiger partial charge is 0.504 e. The van der Waals surface area contributed by atoms with Gasteiger partial charge in [-0.15, -0.1) is 0 Å². The molecule has 0 aliphatic heterocycles. The highest BCUT2D eigenvalue weighted by Gasteiger charge is 2.25. The number of carbonyl (C=O) groups is 2. The van der Waals surface area contributed by atoms with E-state index in [1.165, 1.54) is 19.1 Å². The number of hydrogen-bond acceptors (Lipinski definition) is 5. The highest BCUT2D eigenvalue weighted by atomic mass is 16.5. The number of carbonyl (C=O) groups excluding carboxylic acids is 1. The van der Waals surface area contributed by atoms with Crippen LogP contribution < -0.4 is 10.1 Å². The molecular formula is C12H15NO6. The summed E-state index contributed by atoms with van der Waals surface area (Å²) in [6.45, 7) is 0.789. The van der Waals surface area contributed by atoms with Gasteiger partial charge in [0.05, 0.1) is 6.10 Å². The number of nitrogens with one attached hydrogen (secondary N) is 1. The Morgan fingerprint density at radius 3 is 2.53 bits per heavy atom. The molecule has 0 bridgehead atoms. The minimum atomic E-state index is -1.40. The van der Waals surface area contributed by atoms with E-state index in [0.29, 0.717) is 0 Å². The molecule has 1 aromatic rings. The summed E-state index contributed by atoms with van der Waals surface area (Å²) in [6, 6.07) is 4.66. The molecule has 0 fully saturated rings. The number of ether oxygens (including phenoxy) is 1. The maximum Gasteiger partial charge on any atom is 0.328 e. The zero-order valence-corrected chi connectivity index (χ0v) is 10.2. The van der Waals surface area contributed by atoms with Crippen molar-refractivity contribution in [2.75, 3.05) is 6.61 Å². The Bertz CT molecular complexity index is 459. The molecule has 19 heavy (non-hydrogen) atoms. The van der Waals surface area contributed by atoms with E-state index < -0.39 is 30.6 Å². The molecule has 0 aromatic heterocycles. The third kappa shape index (κ3) is 4.47. The van der Waals surface area contributed by atoms with Crippen LogP contribution in [0.5, 0.6) is 11.5 Å². The molecule has 4 N–H and O–H groups in total. The second kappa shape index (κ2) is 6.60. The summed E-state index contributed by atoms with van der Waals surface area (Å²) >= 11 is 0. The quantitative estimate of drug-likeness (QED) is 0.564. The van der Waals surface area contributed by atoms with Crippen molar-refractivity contribution in [1.82, 2.24) is 5.32 Å². The fourth-order valence-corrected chi connectivity index (χ4v) is 1.33. The van der Waals surface area contributed by atoms with Gasteiger partial charge >= 0.3 is 5.97 Å².